The molecule has 0 aliphatic heterocycles. The average molecular weight is 396 g/mol. The maximum atomic E-state index is 13.2. The van der Waals surface area contributed by atoms with Crippen molar-refractivity contribution in [1.29, 1.82) is 0 Å². The summed E-state index contributed by atoms with van der Waals surface area (Å²) in [5, 5.41) is 10.4. The third-order valence-corrected chi connectivity index (χ3v) is 5.14. The highest BCUT2D eigenvalue weighted by Crippen LogP contribution is 2.38. The van der Waals surface area contributed by atoms with Crippen molar-refractivity contribution in [3.8, 4) is 22.5 Å². The molecule has 1 N–H and O–H groups in total. The van der Waals surface area contributed by atoms with E-state index in [1.54, 1.807) is 12.1 Å². The van der Waals surface area contributed by atoms with E-state index in [0.29, 0.717) is 38.8 Å². The van der Waals surface area contributed by atoms with Crippen molar-refractivity contribution in [3.05, 3.63) is 94.8 Å². The second-order valence-electron chi connectivity index (χ2n) is 7.01. The molecule has 5 aromatic rings. The van der Waals surface area contributed by atoms with Crippen LogP contribution in [0.5, 0.6) is 0 Å². The first kappa shape index (κ1) is 17.9. The Labute approximate surface area is 170 Å². The van der Waals surface area contributed by atoms with Crippen LogP contribution in [-0.2, 0) is 11.2 Å². The van der Waals surface area contributed by atoms with E-state index in [1.165, 1.54) is 6.26 Å². The van der Waals surface area contributed by atoms with Gasteiger partial charge in [-0.1, -0.05) is 60.7 Å². The van der Waals surface area contributed by atoms with Crippen molar-refractivity contribution in [3.63, 3.8) is 0 Å². The van der Waals surface area contributed by atoms with Gasteiger partial charge in [-0.3, -0.25) is 9.59 Å². The fourth-order valence-corrected chi connectivity index (χ4v) is 3.80. The van der Waals surface area contributed by atoms with Crippen LogP contribution in [0.15, 0.2) is 92.7 Å². The number of hydrogen-bond donors (Lipinski definition) is 1. The molecule has 5 rings (SSSR count). The number of benzene rings is 3. The van der Waals surface area contributed by atoms with E-state index in [-0.39, 0.29) is 11.8 Å². The third-order valence-electron chi connectivity index (χ3n) is 5.14. The average Bonchev–Trinajstić information content (AvgIpc) is 3.13. The molecule has 0 radical (unpaired) electrons. The number of rotatable bonds is 4. The highest BCUT2D eigenvalue weighted by atomic mass is 16.4. The van der Waals surface area contributed by atoms with Crippen molar-refractivity contribution >= 4 is 27.9 Å². The van der Waals surface area contributed by atoms with Crippen molar-refractivity contribution in [2.45, 2.75) is 6.42 Å². The fourth-order valence-electron chi connectivity index (χ4n) is 3.80. The smallest absolute Gasteiger partial charge is 0.307 e. The number of carbonyl (C=O) groups is 1. The molecule has 0 spiro atoms. The molecule has 0 saturated heterocycles. The Kier molecular flexibility index (Phi) is 4.21. The van der Waals surface area contributed by atoms with E-state index >= 15 is 0 Å². The van der Waals surface area contributed by atoms with Crippen molar-refractivity contribution in [2.24, 2.45) is 0 Å². The summed E-state index contributed by atoms with van der Waals surface area (Å²) in [5.74, 6) is -0.523. The number of furan rings is 1. The van der Waals surface area contributed by atoms with Crippen LogP contribution < -0.4 is 5.43 Å². The normalized spacial score (nSPS) is 11.2. The van der Waals surface area contributed by atoms with E-state index in [4.69, 9.17) is 8.83 Å². The Hall–Kier alpha value is -4.12. The lowest BCUT2D eigenvalue weighted by Gasteiger charge is -2.05. The van der Waals surface area contributed by atoms with Crippen molar-refractivity contribution in [1.82, 2.24) is 0 Å². The molecule has 30 heavy (non-hydrogen) atoms. The van der Waals surface area contributed by atoms with Gasteiger partial charge in [0.1, 0.15) is 23.2 Å². The molecule has 0 bridgehead atoms. The summed E-state index contributed by atoms with van der Waals surface area (Å²) in [6.45, 7) is 0. The third kappa shape index (κ3) is 2.88. The molecule has 5 nitrogen and oxygen atoms in total. The summed E-state index contributed by atoms with van der Waals surface area (Å²) in [6.07, 6.45) is 1.18. The first-order valence-electron chi connectivity index (χ1n) is 9.46. The Morgan fingerprint density at radius 1 is 0.867 bits per heavy atom. The molecule has 0 fully saturated rings. The summed E-state index contributed by atoms with van der Waals surface area (Å²) in [7, 11) is 0. The predicted octanol–water partition coefficient (Wildman–Crippen LogP) is 5.50. The SMILES string of the molecule is O=C(O)Cc1c(-c2ccccc2)oc2ccc3c(=O)c(-c4ccccc4)coc3c12. The molecule has 2 heterocycles. The molecule has 2 aromatic heterocycles. The van der Waals surface area contributed by atoms with Crippen LogP contribution in [0.2, 0.25) is 0 Å². The van der Waals surface area contributed by atoms with Gasteiger partial charge in [0.25, 0.3) is 0 Å². The van der Waals surface area contributed by atoms with Crippen molar-refractivity contribution < 1.29 is 18.7 Å². The lowest BCUT2D eigenvalue weighted by Crippen LogP contribution is -2.05. The molecule has 5 heteroatoms. The largest absolute Gasteiger partial charge is 0.481 e. The van der Waals surface area contributed by atoms with Crippen LogP contribution in [-0.4, -0.2) is 11.1 Å². The van der Waals surface area contributed by atoms with Gasteiger partial charge in [0.15, 0.2) is 0 Å². The minimum Gasteiger partial charge on any atom is -0.481 e. The first-order chi connectivity index (χ1) is 14.6. The van der Waals surface area contributed by atoms with Gasteiger partial charge in [-0.25, -0.2) is 0 Å². The molecule has 0 aliphatic rings. The number of carboxylic acid groups (broad SMARTS) is 1. The quantitative estimate of drug-likeness (QED) is 0.434. The van der Waals surface area contributed by atoms with Gasteiger partial charge in [-0.2, -0.15) is 0 Å². The zero-order chi connectivity index (χ0) is 20.7. The number of aliphatic carboxylic acids is 1. The lowest BCUT2D eigenvalue weighted by atomic mass is 10.00. The van der Waals surface area contributed by atoms with Gasteiger partial charge in [0.2, 0.25) is 5.43 Å². The predicted molar refractivity (Wildman–Crippen MR) is 114 cm³/mol. The van der Waals surface area contributed by atoms with Crippen LogP contribution in [0.4, 0.5) is 0 Å². The zero-order valence-corrected chi connectivity index (χ0v) is 15.8. The summed E-state index contributed by atoms with van der Waals surface area (Å²) in [4.78, 5) is 24.8. The summed E-state index contributed by atoms with van der Waals surface area (Å²) >= 11 is 0. The van der Waals surface area contributed by atoms with Gasteiger partial charge in [-0.05, 0) is 17.7 Å². The molecular formula is C25H16O5. The van der Waals surface area contributed by atoms with Gasteiger partial charge in [0, 0.05) is 11.1 Å². The fraction of sp³-hybridized carbons (Fsp3) is 0.0400. The zero-order valence-electron chi connectivity index (χ0n) is 15.8. The Morgan fingerprint density at radius 3 is 2.20 bits per heavy atom. The van der Waals surface area contributed by atoms with E-state index in [1.807, 2.05) is 60.7 Å². The van der Waals surface area contributed by atoms with Gasteiger partial charge in [0.05, 0.1) is 22.8 Å². The second kappa shape index (κ2) is 7.04. The lowest BCUT2D eigenvalue weighted by molar-refractivity contribution is -0.136. The maximum absolute atomic E-state index is 13.2. The van der Waals surface area contributed by atoms with E-state index in [2.05, 4.69) is 0 Å². The Morgan fingerprint density at radius 2 is 1.53 bits per heavy atom. The van der Waals surface area contributed by atoms with E-state index in [9.17, 15) is 14.7 Å². The molecule has 146 valence electrons. The maximum Gasteiger partial charge on any atom is 0.307 e. The van der Waals surface area contributed by atoms with Crippen LogP contribution in [0.25, 0.3) is 44.4 Å². The first-order valence-corrected chi connectivity index (χ1v) is 9.46. The molecule has 0 atom stereocenters. The van der Waals surface area contributed by atoms with Crippen LogP contribution in [0.3, 0.4) is 0 Å². The summed E-state index contributed by atoms with van der Waals surface area (Å²) < 4.78 is 11.9. The van der Waals surface area contributed by atoms with Gasteiger partial charge >= 0.3 is 5.97 Å². The van der Waals surface area contributed by atoms with E-state index < -0.39 is 5.97 Å². The van der Waals surface area contributed by atoms with Gasteiger partial charge < -0.3 is 13.9 Å². The Balaban J connectivity index is 1.83. The number of carboxylic acids is 1. The highest BCUT2D eigenvalue weighted by molar-refractivity contribution is 6.07. The van der Waals surface area contributed by atoms with Crippen LogP contribution in [0, 0.1) is 0 Å². The standard InChI is InChI=1S/C25H16O5/c26-21(27)13-18-22-20(30-24(18)16-9-5-2-6-10-16)12-11-17-23(28)19(14-29-25(17)22)15-7-3-1-4-8-15/h1-12,14H,13H2,(H,26,27). The Bertz CT molecular complexity index is 1440. The molecular weight excluding hydrogens is 380 g/mol. The molecule has 0 amide bonds. The monoisotopic (exact) mass is 396 g/mol. The number of hydrogen-bond acceptors (Lipinski definition) is 4. The van der Waals surface area contributed by atoms with Crippen molar-refractivity contribution in [2.75, 3.05) is 0 Å². The molecule has 0 unspecified atom stereocenters. The van der Waals surface area contributed by atoms with Crippen LogP contribution >= 0.6 is 0 Å². The minimum absolute atomic E-state index is 0.173. The summed E-state index contributed by atoms with van der Waals surface area (Å²) in [5.41, 5.74) is 3.11. The molecule has 0 aliphatic carbocycles. The van der Waals surface area contributed by atoms with Crippen LogP contribution in [0.1, 0.15) is 5.56 Å². The highest BCUT2D eigenvalue weighted by Gasteiger charge is 2.22. The molecule has 3 aromatic carbocycles. The second-order valence-corrected chi connectivity index (χ2v) is 7.01. The number of fused-ring (bicyclic) bond motifs is 3. The van der Waals surface area contributed by atoms with Gasteiger partial charge in [-0.15, -0.1) is 0 Å². The topological polar surface area (TPSA) is 80.6 Å². The summed E-state index contributed by atoms with van der Waals surface area (Å²) in [6, 6.07) is 22.0. The van der Waals surface area contributed by atoms with E-state index in [0.717, 1.165) is 11.1 Å². The minimum atomic E-state index is -0.991. The molecule has 0 saturated carbocycles.